The molecule has 2 unspecified atom stereocenters. The molecule has 1 aliphatic carbocycles. The Morgan fingerprint density at radius 2 is 2.06 bits per heavy atom. The van der Waals surface area contributed by atoms with Crippen molar-refractivity contribution in [2.75, 3.05) is 34.2 Å². The predicted molar refractivity (Wildman–Crippen MR) is 132 cm³/mol. The average molecular weight is 454 g/mol. The topological polar surface area (TPSA) is 88.9 Å². The van der Waals surface area contributed by atoms with Gasteiger partial charge in [-0.25, -0.2) is 5.84 Å². The molecule has 0 aromatic rings. The van der Waals surface area contributed by atoms with E-state index in [0.29, 0.717) is 18.6 Å². The average Bonchev–Trinajstić information content (AvgIpc) is 3.42. The summed E-state index contributed by atoms with van der Waals surface area (Å²) >= 11 is 0. The Kier molecular flexibility index (Phi) is 7.02. The summed E-state index contributed by atoms with van der Waals surface area (Å²) in [7, 11) is 6.12. The zero-order valence-corrected chi connectivity index (χ0v) is 20.4. The molecule has 5 N–H and O–H groups in total. The predicted octanol–water partition coefficient (Wildman–Crippen LogP) is 1.71. The zero-order valence-electron chi connectivity index (χ0n) is 20.4. The second kappa shape index (κ2) is 9.95. The van der Waals surface area contributed by atoms with E-state index in [2.05, 4.69) is 58.9 Å². The quantitative estimate of drug-likeness (QED) is 0.345. The standard InChI is InChI=1S/C25H39N7O/c1-5-18(16-30(2)26)20-12-17(13-27-15-20)14-29-24(33)22-23-21(10-11-28-22)31(3)25(32(23)4)19-8-6-7-9-19/h10-12,15-16,19,22,25,27-28H,5-9,13-14,26H2,1-4H3,(H,29,33)/b18-16+. The molecule has 0 aromatic heterocycles. The number of rotatable bonds is 7. The molecule has 180 valence electrons. The Labute approximate surface area is 197 Å². The maximum atomic E-state index is 13.3. The van der Waals surface area contributed by atoms with E-state index in [0.717, 1.165) is 41.1 Å². The number of likely N-dealkylation sites (N-methyl/N-ethyl adjacent to an activating group) is 2. The highest BCUT2D eigenvalue weighted by atomic mass is 16.2. The van der Waals surface area contributed by atoms with Crippen LogP contribution < -0.4 is 21.8 Å². The summed E-state index contributed by atoms with van der Waals surface area (Å²) in [6.07, 6.45) is 16.5. The molecule has 4 aliphatic rings. The van der Waals surface area contributed by atoms with E-state index in [1.807, 2.05) is 25.6 Å². The first-order chi connectivity index (χ1) is 15.9. The van der Waals surface area contributed by atoms with Gasteiger partial charge in [-0.2, -0.15) is 0 Å². The Balaban J connectivity index is 1.43. The van der Waals surface area contributed by atoms with Crippen LogP contribution in [-0.4, -0.2) is 67.2 Å². The molecule has 0 bridgehead atoms. The Morgan fingerprint density at radius 1 is 1.30 bits per heavy atom. The molecule has 8 heteroatoms. The summed E-state index contributed by atoms with van der Waals surface area (Å²) in [6.45, 7) is 3.34. The molecule has 1 saturated carbocycles. The lowest BCUT2D eigenvalue weighted by atomic mass is 10.00. The molecule has 0 spiro atoms. The minimum Gasteiger partial charge on any atom is -0.387 e. The molecule has 0 aromatic carbocycles. The summed E-state index contributed by atoms with van der Waals surface area (Å²) in [6, 6.07) is -0.381. The number of hydrogen-bond acceptors (Lipinski definition) is 7. The number of amides is 1. The minimum absolute atomic E-state index is 0.00382. The van der Waals surface area contributed by atoms with Crippen LogP contribution in [0.3, 0.4) is 0 Å². The third kappa shape index (κ3) is 4.76. The fraction of sp³-hybridized carbons (Fsp3) is 0.560. The molecule has 1 fully saturated rings. The van der Waals surface area contributed by atoms with Crippen molar-refractivity contribution in [1.82, 2.24) is 30.8 Å². The molecule has 2 atom stereocenters. The number of carbonyl (C=O) groups is 1. The smallest absolute Gasteiger partial charge is 0.249 e. The molecule has 3 heterocycles. The van der Waals surface area contributed by atoms with Gasteiger partial charge in [-0.05, 0) is 54.2 Å². The Bertz CT molecular complexity index is 908. The summed E-state index contributed by atoms with van der Waals surface area (Å²) in [5.74, 6) is 6.47. The van der Waals surface area contributed by atoms with Gasteiger partial charge in [0.1, 0.15) is 12.2 Å². The molecule has 1 amide bonds. The largest absolute Gasteiger partial charge is 0.387 e. The van der Waals surface area contributed by atoms with E-state index in [9.17, 15) is 4.79 Å². The van der Waals surface area contributed by atoms with Gasteiger partial charge in [0.05, 0.1) is 11.4 Å². The van der Waals surface area contributed by atoms with Crippen LogP contribution in [0, 0.1) is 5.92 Å². The first-order valence-corrected chi connectivity index (χ1v) is 12.1. The minimum atomic E-state index is -0.381. The number of nitrogens with two attached hydrogens (primary N) is 1. The molecule has 0 radical (unpaired) electrons. The number of nitrogens with one attached hydrogen (secondary N) is 3. The third-order valence-electron chi connectivity index (χ3n) is 7.22. The molecule has 33 heavy (non-hydrogen) atoms. The van der Waals surface area contributed by atoms with E-state index < -0.39 is 0 Å². The number of carbonyl (C=O) groups excluding carboxylic acids is 1. The highest BCUT2D eigenvalue weighted by Crippen LogP contribution is 2.40. The number of hydrogen-bond donors (Lipinski definition) is 4. The van der Waals surface area contributed by atoms with Gasteiger partial charge in [0, 0.05) is 46.6 Å². The van der Waals surface area contributed by atoms with Crippen LogP contribution in [0.5, 0.6) is 0 Å². The van der Waals surface area contributed by atoms with Crippen molar-refractivity contribution >= 4 is 5.91 Å². The molecule has 0 saturated heterocycles. The monoisotopic (exact) mass is 453 g/mol. The number of nitrogens with zero attached hydrogens (tertiary/aromatic N) is 3. The Hall–Kier alpha value is -2.87. The lowest BCUT2D eigenvalue weighted by molar-refractivity contribution is -0.122. The van der Waals surface area contributed by atoms with Gasteiger partial charge >= 0.3 is 0 Å². The highest BCUT2D eigenvalue weighted by molar-refractivity contribution is 5.86. The van der Waals surface area contributed by atoms with Crippen LogP contribution in [0.2, 0.25) is 0 Å². The van der Waals surface area contributed by atoms with Crippen molar-refractivity contribution in [2.24, 2.45) is 11.8 Å². The SMILES string of the molecule is CC/C(=C\N(C)N)C1=CNCC(CNC(=O)C2NC=CC3=C2N(C)C(C2CCCC2)N3C)=C1. The summed E-state index contributed by atoms with van der Waals surface area (Å²) in [5.41, 5.74) is 5.62. The number of allylic oxidation sites excluding steroid dienone is 4. The summed E-state index contributed by atoms with van der Waals surface area (Å²) < 4.78 is 0. The van der Waals surface area contributed by atoms with Crippen molar-refractivity contribution in [3.8, 4) is 0 Å². The van der Waals surface area contributed by atoms with E-state index in [1.165, 1.54) is 25.7 Å². The van der Waals surface area contributed by atoms with Gasteiger partial charge < -0.3 is 30.8 Å². The summed E-state index contributed by atoms with van der Waals surface area (Å²) in [5, 5.41) is 11.4. The molecular formula is C25H39N7O. The van der Waals surface area contributed by atoms with Crippen LogP contribution >= 0.6 is 0 Å². The van der Waals surface area contributed by atoms with Crippen molar-refractivity contribution < 1.29 is 4.79 Å². The maximum absolute atomic E-state index is 13.3. The lowest BCUT2D eigenvalue weighted by Gasteiger charge is -2.35. The third-order valence-corrected chi connectivity index (χ3v) is 7.22. The molecular weight excluding hydrogens is 414 g/mol. The van der Waals surface area contributed by atoms with E-state index in [1.54, 1.807) is 5.01 Å². The van der Waals surface area contributed by atoms with Gasteiger partial charge in [-0.1, -0.05) is 25.8 Å². The fourth-order valence-corrected chi connectivity index (χ4v) is 5.67. The van der Waals surface area contributed by atoms with Crippen molar-refractivity contribution in [2.45, 2.75) is 51.2 Å². The van der Waals surface area contributed by atoms with Gasteiger partial charge in [0.25, 0.3) is 0 Å². The van der Waals surface area contributed by atoms with E-state index in [-0.39, 0.29) is 11.9 Å². The van der Waals surface area contributed by atoms with Crippen LogP contribution in [0.15, 0.2) is 58.9 Å². The van der Waals surface area contributed by atoms with Crippen LogP contribution in [-0.2, 0) is 4.79 Å². The van der Waals surface area contributed by atoms with E-state index >= 15 is 0 Å². The normalized spacial score (nSPS) is 25.4. The van der Waals surface area contributed by atoms with Gasteiger partial charge in [0.2, 0.25) is 5.91 Å². The van der Waals surface area contributed by atoms with Crippen LogP contribution in [0.1, 0.15) is 39.0 Å². The molecule has 3 aliphatic heterocycles. The Morgan fingerprint density at radius 3 is 2.76 bits per heavy atom. The fourth-order valence-electron chi connectivity index (χ4n) is 5.67. The number of hydrazine groups is 1. The molecule has 8 nitrogen and oxygen atoms in total. The molecule has 4 rings (SSSR count). The van der Waals surface area contributed by atoms with Gasteiger partial charge in [0.15, 0.2) is 0 Å². The van der Waals surface area contributed by atoms with Crippen molar-refractivity contribution in [3.05, 3.63) is 58.9 Å². The maximum Gasteiger partial charge on any atom is 0.249 e. The highest BCUT2D eigenvalue weighted by Gasteiger charge is 2.43. The summed E-state index contributed by atoms with van der Waals surface area (Å²) in [4.78, 5) is 18.0. The van der Waals surface area contributed by atoms with Crippen molar-refractivity contribution in [3.63, 3.8) is 0 Å². The second-order valence-corrected chi connectivity index (χ2v) is 9.56. The zero-order chi connectivity index (χ0) is 23.5. The first kappa shape index (κ1) is 23.3. The number of dihydropyridines is 2. The lowest BCUT2D eigenvalue weighted by Crippen LogP contribution is -2.49. The second-order valence-electron chi connectivity index (χ2n) is 9.56. The van der Waals surface area contributed by atoms with Gasteiger partial charge in [-0.15, -0.1) is 0 Å². The van der Waals surface area contributed by atoms with Gasteiger partial charge in [-0.3, -0.25) is 4.79 Å². The van der Waals surface area contributed by atoms with Crippen molar-refractivity contribution in [1.29, 1.82) is 0 Å². The van der Waals surface area contributed by atoms with Crippen LogP contribution in [0.4, 0.5) is 0 Å². The first-order valence-electron chi connectivity index (χ1n) is 12.1. The van der Waals surface area contributed by atoms with Crippen LogP contribution in [0.25, 0.3) is 0 Å². The van der Waals surface area contributed by atoms with E-state index in [4.69, 9.17) is 5.84 Å².